The third-order valence-corrected chi connectivity index (χ3v) is 6.34. The predicted molar refractivity (Wildman–Crippen MR) is 127 cm³/mol. The van der Waals surface area contributed by atoms with Crippen LogP contribution in [0.2, 0.25) is 0 Å². The molecule has 4 heterocycles. The number of rotatable bonds is 6. The van der Waals surface area contributed by atoms with E-state index in [1.165, 1.54) is 0 Å². The summed E-state index contributed by atoms with van der Waals surface area (Å²) in [6, 6.07) is 14.1. The van der Waals surface area contributed by atoms with Crippen LogP contribution in [-0.4, -0.2) is 49.5 Å². The van der Waals surface area contributed by atoms with E-state index in [0.717, 1.165) is 60.3 Å². The maximum Gasteiger partial charge on any atom is 0.110 e. The molecule has 1 unspecified atom stereocenters. The van der Waals surface area contributed by atoms with Crippen molar-refractivity contribution in [3.8, 4) is 6.07 Å². The summed E-state index contributed by atoms with van der Waals surface area (Å²) >= 11 is 0. The van der Waals surface area contributed by atoms with Crippen LogP contribution in [0.5, 0.6) is 0 Å². The Morgan fingerprint density at radius 1 is 1.18 bits per heavy atom. The number of benzene rings is 1. The molecule has 0 spiro atoms. The number of anilines is 1. The highest BCUT2D eigenvalue weighted by Gasteiger charge is 2.23. The first kappa shape index (κ1) is 21.0. The lowest BCUT2D eigenvalue weighted by molar-refractivity contribution is 0.186. The monoisotopic (exact) mass is 438 g/mol. The van der Waals surface area contributed by atoms with Crippen molar-refractivity contribution in [1.82, 2.24) is 29.9 Å². The Morgan fingerprint density at radius 2 is 2.06 bits per heavy atom. The predicted octanol–water partition coefficient (Wildman–Crippen LogP) is 3.95. The SMILES string of the molecule is CCN1CCC(n2cc(C(Nc3ccc4ncc(C#N)cc4c3)c3cccnc3)nn2)CC1. The highest BCUT2D eigenvalue weighted by Crippen LogP contribution is 2.29. The standard InChI is InChI=1S/C25H26N8/c1-2-32-10-7-22(8-11-32)33-17-24(30-31-33)25(19-4-3-9-27-16-19)29-21-5-6-23-20(13-21)12-18(14-26)15-28-23/h3-6,9,12-13,15-17,22,25,29H,2,7-8,10-11H2,1H3. The molecule has 0 radical (unpaired) electrons. The smallest absolute Gasteiger partial charge is 0.110 e. The van der Waals surface area contributed by atoms with Crippen LogP contribution in [0.3, 0.4) is 0 Å². The molecule has 1 N–H and O–H groups in total. The summed E-state index contributed by atoms with van der Waals surface area (Å²) in [5, 5.41) is 22.8. The van der Waals surface area contributed by atoms with E-state index < -0.39 is 0 Å². The van der Waals surface area contributed by atoms with E-state index >= 15 is 0 Å². The summed E-state index contributed by atoms with van der Waals surface area (Å²) < 4.78 is 2.02. The van der Waals surface area contributed by atoms with E-state index in [1.54, 1.807) is 12.4 Å². The van der Waals surface area contributed by atoms with Crippen molar-refractivity contribution in [2.75, 3.05) is 25.0 Å². The molecule has 8 heteroatoms. The third kappa shape index (κ3) is 4.54. The van der Waals surface area contributed by atoms with Crippen LogP contribution in [0.25, 0.3) is 10.9 Å². The number of nitriles is 1. The minimum atomic E-state index is -0.201. The van der Waals surface area contributed by atoms with Crippen LogP contribution in [0.1, 0.15) is 48.7 Å². The van der Waals surface area contributed by atoms with Gasteiger partial charge in [0.2, 0.25) is 0 Å². The van der Waals surface area contributed by atoms with Gasteiger partial charge in [0.25, 0.3) is 0 Å². The van der Waals surface area contributed by atoms with Gasteiger partial charge in [-0.1, -0.05) is 18.2 Å². The van der Waals surface area contributed by atoms with Gasteiger partial charge in [-0.3, -0.25) is 9.97 Å². The van der Waals surface area contributed by atoms with Crippen LogP contribution in [0, 0.1) is 11.3 Å². The molecule has 0 amide bonds. The minimum absolute atomic E-state index is 0.201. The van der Waals surface area contributed by atoms with Gasteiger partial charge >= 0.3 is 0 Å². The summed E-state index contributed by atoms with van der Waals surface area (Å²) in [5.74, 6) is 0. The van der Waals surface area contributed by atoms with E-state index in [1.807, 2.05) is 47.3 Å². The first-order valence-corrected chi connectivity index (χ1v) is 11.3. The van der Waals surface area contributed by atoms with E-state index in [2.05, 4.69) is 49.7 Å². The molecular formula is C25H26N8. The van der Waals surface area contributed by atoms with Gasteiger partial charge in [0.15, 0.2) is 0 Å². The van der Waals surface area contributed by atoms with Crippen molar-refractivity contribution < 1.29 is 0 Å². The van der Waals surface area contributed by atoms with E-state index in [4.69, 9.17) is 0 Å². The van der Waals surface area contributed by atoms with Crippen molar-refractivity contribution in [2.24, 2.45) is 0 Å². The van der Waals surface area contributed by atoms with Gasteiger partial charge in [0.05, 0.1) is 29.4 Å². The highest BCUT2D eigenvalue weighted by atomic mass is 15.4. The zero-order chi connectivity index (χ0) is 22.6. The average Bonchev–Trinajstić information content (AvgIpc) is 3.37. The topological polar surface area (TPSA) is 95.6 Å². The fourth-order valence-corrected chi connectivity index (χ4v) is 4.43. The average molecular weight is 439 g/mol. The number of aromatic nitrogens is 5. The van der Waals surface area contributed by atoms with Crippen LogP contribution in [0.15, 0.2) is 61.2 Å². The number of hydrogen-bond acceptors (Lipinski definition) is 7. The zero-order valence-corrected chi connectivity index (χ0v) is 18.6. The van der Waals surface area contributed by atoms with Gasteiger partial charge in [-0.05, 0) is 55.3 Å². The molecule has 166 valence electrons. The number of fused-ring (bicyclic) bond motifs is 1. The second kappa shape index (κ2) is 9.35. The van der Waals surface area contributed by atoms with Crippen molar-refractivity contribution in [3.63, 3.8) is 0 Å². The van der Waals surface area contributed by atoms with Gasteiger partial charge < -0.3 is 10.2 Å². The summed E-state index contributed by atoms with van der Waals surface area (Å²) in [6.07, 6.45) is 9.45. The quantitative estimate of drug-likeness (QED) is 0.487. The summed E-state index contributed by atoms with van der Waals surface area (Å²) in [5.41, 5.74) is 4.17. The van der Waals surface area contributed by atoms with Gasteiger partial charge in [0.1, 0.15) is 11.8 Å². The van der Waals surface area contributed by atoms with Gasteiger partial charge in [-0.15, -0.1) is 5.10 Å². The summed E-state index contributed by atoms with van der Waals surface area (Å²) in [6.45, 7) is 5.49. The number of nitrogens with one attached hydrogen (secondary N) is 1. The number of nitrogens with zero attached hydrogens (tertiary/aromatic N) is 7. The van der Waals surface area contributed by atoms with Crippen molar-refractivity contribution >= 4 is 16.6 Å². The van der Waals surface area contributed by atoms with Crippen molar-refractivity contribution in [3.05, 3.63) is 78.0 Å². The Hall–Kier alpha value is -3.83. The van der Waals surface area contributed by atoms with Crippen LogP contribution in [0.4, 0.5) is 5.69 Å². The number of piperidine rings is 1. The van der Waals surface area contributed by atoms with E-state index in [0.29, 0.717) is 11.6 Å². The molecule has 1 aliphatic heterocycles. The molecule has 1 aliphatic rings. The molecule has 1 saturated heterocycles. The Bertz CT molecular complexity index is 1270. The Morgan fingerprint density at radius 3 is 2.82 bits per heavy atom. The molecule has 8 nitrogen and oxygen atoms in total. The normalized spacial score (nSPS) is 15.9. The lowest BCUT2D eigenvalue weighted by atomic mass is 10.0. The second-order valence-corrected chi connectivity index (χ2v) is 8.40. The minimum Gasteiger partial charge on any atom is -0.373 e. The van der Waals surface area contributed by atoms with Crippen molar-refractivity contribution in [1.29, 1.82) is 5.26 Å². The molecular weight excluding hydrogens is 412 g/mol. The molecule has 0 aliphatic carbocycles. The number of likely N-dealkylation sites (tertiary alicyclic amines) is 1. The maximum atomic E-state index is 9.21. The maximum absolute atomic E-state index is 9.21. The fourth-order valence-electron chi connectivity index (χ4n) is 4.43. The lowest BCUT2D eigenvalue weighted by Gasteiger charge is -2.30. The molecule has 1 fully saturated rings. The highest BCUT2D eigenvalue weighted by molar-refractivity contribution is 5.83. The zero-order valence-electron chi connectivity index (χ0n) is 18.6. The molecule has 33 heavy (non-hydrogen) atoms. The third-order valence-electron chi connectivity index (χ3n) is 6.34. The Kier molecular flexibility index (Phi) is 5.96. The summed E-state index contributed by atoms with van der Waals surface area (Å²) in [4.78, 5) is 11.2. The van der Waals surface area contributed by atoms with Gasteiger partial charge in [-0.2, -0.15) is 5.26 Å². The lowest BCUT2D eigenvalue weighted by Crippen LogP contribution is -2.34. The van der Waals surface area contributed by atoms with Crippen LogP contribution >= 0.6 is 0 Å². The van der Waals surface area contributed by atoms with Gasteiger partial charge in [0, 0.05) is 42.8 Å². The largest absolute Gasteiger partial charge is 0.373 e. The Balaban J connectivity index is 1.44. The van der Waals surface area contributed by atoms with Crippen LogP contribution < -0.4 is 5.32 Å². The second-order valence-electron chi connectivity index (χ2n) is 8.40. The fraction of sp³-hybridized carbons (Fsp3) is 0.320. The van der Waals surface area contributed by atoms with Gasteiger partial charge in [-0.25, -0.2) is 4.68 Å². The van der Waals surface area contributed by atoms with Crippen LogP contribution in [-0.2, 0) is 0 Å². The summed E-state index contributed by atoms with van der Waals surface area (Å²) in [7, 11) is 0. The number of hydrogen-bond donors (Lipinski definition) is 1. The van der Waals surface area contributed by atoms with Crippen molar-refractivity contribution in [2.45, 2.75) is 31.8 Å². The first-order valence-electron chi connectivity index (χ1n) is 11.3. The first-order chi connectivity index (χ1) is 16.2. The molecule has 1 atom stereocenters. The Labute approximate surface area is 192 Å². The molecule has 0 saturated carbocycles. The molecule has 1 aromatic carbocycles. The molecule has 3 aromatic heterocycles. The number of pyridine rings is 2. The molecule has 0 bridgehead atoms. The van der Waals surface area contributed by atoms with E-state index in [-0.39, 0.29) is 6.04 Å². The van der Waals surface area contributed by atoms with E-state index in [9.17, 15) is 5.26 Å². The molecule has 4 aromatic rings. The molecule has 5 rings (SSSR count).